The summed E-state index contributed by atoms with van der Waals surface area (Å²) in [7, 11) is -11.2. The summed E-state index contributed by atoms with van der Waals surface area (Å²) in [5, 5.41) is 0. The smallest absolute Gasteiger partial charge is 0.387 e. The van der Waals surface area contributed by atoms with E-state index in [1.807, 2.05) is 0 Å². The van der Waals surface area contributed by atoms with Crippen molar-refractivity contribution in [2.75, 3.05) is 13.2 Å². The normalized spacial score (nSPS) is 14.6. The molecule has 0 aromatic heterocycles. The van der Waals surface area contributed by atoms with Gasteiger partial charge in [0.25, 0.3) is 0 Å². The molecular formula is C4H4F6NO6S2-. The van der Waals surface area contributed by atoms with Crippen LogP contribution in [0.1, 0.15) is 0 Å². The van der Waals surface area contributed by atoms with Gasteiger partial charge < -0.3 is 4.13 Å². The van der Waals surface area contributed by atoms with E-state index in [0.717, 1.165) is 0 Å². The highest BCUT2D eigenvalue weighted by atomic mass is 32.3. The van der Waals surface area contributed by atoms with Crippen LogP contribution in [0.25, 0.3) is 4.13 Å². The molecule has 0 bridgehead atoms. The van der Waals surface area contributed by atoms with E-state index < -0.39 is 46.2 Å². The van der Waals surface area contributed by atoms with E-state index in [1.165, 1.54) is 0 Å². The van der Waals surface area contributed by atoms with Gasteiger partial charge in [0.15, 0.2) is 13.2 Å². The van der Waals surface area contributed by atoms with Crippen LogP contribution in [-0.2, 0) is 29.0 Å². The van der Waals surface area contributed by atoms with Crippen LogP contribution < -0.4 is 0 Å². The molecule has 0 aromatic rings. The number of hydrogen-bond donors (Lipinski definition) is 0. The fourth-order valence-electron chi connectivity index (χ4n) is 0.437. The Labute approximate surface area is 103 Å². The Morgan fingerprint density at radius 3 is 1.21 bits per heavy atom. The molecule has 0 aromatic carbocycles. The molecule has 116 valence electrons. The Morgan fingerprint density at radius 1 is 0.737 bits per heavy atom. The molecule has 0 fully saturated rings. The molecule has 0 aliphatic carbocycles. The molecule has 0 heterocycles. The average Bonchev–Trinajstić information content (AvgIpc) is 2.09. The second-order valence-corrected chi connectivity index (χ2v) is 5.46. The summed E-state index contributed by atoms with van der Waals surface area (Å²) >= 11 is 0. The van der Waals surface area contributed by atoms with Crippen molar-refractivity contribution in [3.63, 3.8) is 0 Å². The lowest BCUT2D eigenvalue weighted by atomic mass is 10.7. The third-order valence-corrected chi connectivity index (χ3v) is 3.22. The van der Waals surface area contributed by atoms with E-state index >= 15 is 0 Å². The molecule has 0 saturated heterocycles. The lowest BCUT2D eigenvalue weighted by Gasteiger charge is -2.20. The van der Waals surface area contributed by atoms with Gasteiger partial charge in [-0.1, -0.05) is 0 Å². The minimum atomic E-state index is -5.62. The van der Waals surface area contributed by atoms with Gasteiger partial charge in [-0.25, -0.2) is 16.8 Å². The van der Waals surface area contributed by atoms with Crippen molar-refractivity contribution in [3.8, 4) is 0 Å². The zero-order valence-corrected chi connectivity index (χ0v) is 10.0. The second-order valence-electron chi connectivity index (χ2n) is 2.68. The summed E-state index contributed by atoms with van der Waals surface area (Å²) < 4.78 is 120. The minimum Gasteiger partial charge on any atom is -0.387 e. The third kappa shape index (κ3) is 10.9. The molecule has 0 radical (unpaired) electrons. The van der Waals surface area contributed by atoms with Crippen molar-refractivity contribution >= 4 is 20.6 Å². The van der Waals surface area contributed by atoms with Crippen molar-refractivity contribution in [1.29, 1.82) is 0 Å². The molecule has 0 amide bonds. The second kappa shape index (κ2) is 5.78. The van der Waals surface area contributed by atoms with Crippen LogP contribution in [-0.4, -0.2) is 42.4 Å². The Hall–Kier alpha value is -0.640. The number of hydrogen-bond acceptors (Lipinski definition) is 6. The Bertz CT molecular complexity index is 445. The molecule has 0 N–H and O–H groups in total. The monoisotopic (exact) mass is 340 g/mol. The van der Waals surface area contributed by atoms with Gasteiger partial charge in [0.05, 0.1) is 0 Å². The van der Waals surface area contributed by atoms with E-state index in [9.17, 15) is 43.2 Å². The van der Waals surface area contributed by atoms with Crippen molar-refractivity contribution < 1.29 is 51.5 Å². The summed E-state index contributed by atoms with van der Waals surface area (Å²) in [5.41, 5.74) is 0. The maximum atomic E-state index is 11.6. The van der Waals surface area contributed by atoms with Crippen LogP contribution in [0, 0.1) is 0 Å². The van der Waals surface area contributed by atoms with Gasteiger partial charge in [0.2, 0.25) is 20.6 Å². The summed E-state index contributed by atoms with van der Waals surface area (Å²) in [6.45, 7) is -4.79. The molecule has 0 unspecified atom stereocenters. The number of nitrogens with zero attached hydrogens (tertiary/aromatic N) is 1. The molecule has 0 atom stereocenters. The number of halogens is 6. The van der Waals surface area contributed by atoms with E-state index in [1.54, 1.807) is 4.13 Å². The van der Waals surface area contributed by atoms with Crippen LogP contribution in [0.5, 0.6) is 0 Å². The highest BCUT2D eigenvalue weighted by Crippen LogP contribution is 2.22. The van der Waals surface area contributed by atoms with Crippen LogP contribution in [0.2, 0.25) is 0 Å². The van der Waals surface area contributed by atoms with Crippen LogP contribution >= 0.6 is 0 Å². The Kier molecular flexibility index (Phi) is 5.58. The fourth-order valence-corrected chi connectivity index (χ4v) is 2.24. The highest BCUT2D eigenvalue weighted by molar-refractivity contribution is 8.08. The summed E-state index contributed by atoms with van der Waals surface area (Å²) in [6, 6.07) is 0. The van der Waals surface area contributed by atoms with Gasteiger partial charge in [-0.05, 0) is 0 Å². The van der Waals surface area contributed by atoms with Gasteiger partial charge in [-0.3, -0.25) is 8.37 Å². The van der Waals surface area contributed by atoms with Crippen LogP contribution in [0.4, 0.5) is 26.3 Å². The van der Waals surface area contributed by atoms with E-state index in [2.05, 4.69) is 8.37 Å². The van der Waals surface area contributed by atoms with Gasteiger partial charge in [0, 0.05) is 0 Å². The molecule has 0 saturated carbocycles. The van der Waals surface area contributed by atoms with Gasteiger partial charge in [-0.15, -0.1) is 0 Å². The van der Waals surface area contributed by atoms with E-state index in [4.69, 9.17) is 0 Å². The molecule has 19 heavy (non-hydrogen) atoms. The van der Waals surface area contributed by atoms with Crippen molar-refractivity contribution in [1.82, 2.24) is 0 Å². The lowest BCUT2D eigenvalue weighted by Crippen LogP contribution is -2.24. The Morgan fingerprint density at radius 2 is 1.00 bits per heavy atom. The molecule has 0 rings (SSSR count). The zero-order valence-electron chi connectivity index (χ0n) is 8.40. The van der Waals surface area contributed by atoms with E-state index in [0.29, 0.717) is 0 Å². The molecule has 0 spiro atoms. The maximum Gasteiger partial charge on any atom is 0.413 e. The van der Waals surface area contributed by atoms with Crippen molar-refractivity contribution in [2.24, 2.45) is 0 Å². The largest absolute Gasteiger partial charge is 0.413 e. The molecule has 0 aliphatic rings. The predicted molar refractivity (Wildman–Crippen MR) is 45.2 cm³/mol. The predicted octanol–water partition coefficient (Wildman–Crippen LogP) is 1.01. The highest BCUT2D eigenvalue weighted by Gasteiger charge is 2.31. The molecule has 15 heteroatoms. The number of rotatable bonds is 6. The summed E-state index contributed by atoms with van der Waals surface area (Å²) in [5.74, 6) is 0. The standard InChI is InChI=1S/C4H4F6NO6S2/c5-3(6,7)1-16-18(12,13)11-19(14,15)17-2-4(8,9)10/h1-2H2/q-1. The van der Waals surface area contributed by atoms with Gasteiger partial charge in [-0.2, -0.15) is 26.3 Å². The molecular weight excluding hydrogens is 336 g/mol. The third-order valence-electron chi connectivity index (χ3n) is 0.926. The summed E-state index contributed by atoms with van der Waals surface area (Å²) in [6.07, 6.45) is -10.2. The summed E-state index contributed by atoms with van der Waals surface area (Å²) in [4.78, 5) is 0. The zero-order chi connectivity index (χ0) is 15.5. The lowest BCUT2D eigenvalue weighted by molar-refractivity contribution is -0.152. The topological polar surface area (TPSA) is 101 Å². The van der Waals surface area contributed by atoms with Crippen molar-refractivity contribution in [2.45, 2.75) is 12.4 Å². The maximum absolute atomic E-state index is 11.6. The SMILES string of the molecule is O=S(=O)([N-]S(=O)(=O)OCC(F)(F)F)OCC(F)(F)F. The molecule has 7 nitrogen and oxygen atoms in total. The first-order valence-corrected chi connectivity index (χ1v) is 6.51. The first-order chi connectivity index (χ1) is 8.12. The first kappa shape index (κ1) is 18.4. The average molecular weight is 340 g/mol. The molecule has 0 aliphatic heterocycles. The van der Waals surface area contributed by atoms with Gasteiger partial charge >= 0.3 is 12.4 Å². The first-order valence-electron chi connectivity index (χ1n) is 3.78. The Balaban J connectivity index is 4.57. The number of alkyl halides is 6. The van der Waals surface area contributed by atoms with Crippen LogP contribution in [0.15, 0.2) is 0 Å². The van der Waals surface area contributed by atoms with Gasteiger partial charge in [0.1, 0.15) is 0 Å². The van der Waals surface area contributed by atoms with Crippen LogP contribution in [0.3, 0.4) is 0 Å². The fraction of sp³-hybridized carbons (Fsp3) is 1.00. The minimum absolute atomic E-state index is 1.65. The quantitative estimate of drug-likeness (QED) is 0.669. The van der Waals surface area contributed by atoms with Crippen molar-refractivity contribution in [3.05, 3.63) is 4.13 Å². The van der Waals surface area contributed by atoms with E-state index in [-0.39, 0.29) is 0 Å².